The minimum Gasteiger partial charge on any atom is -0.465 e. The first-order chi connectivity index (χ1) is 14.1. The lowest BCUT2D eigenvalue weighted by atomic mass is 9.87. The summed E-state index contributed by atoms with van der Waals surface area (Å²) in [5.74, 6) is -1.20. The molecule has 2 nitrogen and oxygen atoms in total. The van der Waals surface area contributed by atoms with Crippen molar-refractivity contribution in [1.29, 1.82) is 0 Å². The van der Waals surface area contributed by atoms with Crippen LogP contribution in [0.1, 0.15) is 27.7 Å². The smallest absolute Gasteiger partial charge is 0.316 e. The Kier molecular flexibility index (Phi) is 6.88. The van der Waals surface area contributed by atoms with E-state index in [1.165, 1.54) is 24.3 Å². The molecule has 0 N–H and O–H groups in total. The Bertz CT molecular complexity index is 909. The highest BCUT2D eigenvalue weighted by atomic mass is 31.1. The van der Waals surface area contributed by atoms with Gasteiger partial charge in [0.05, 0.1) is 12.5 Å². The van der Waals surface area contributed by atoms with Crippen molar-refractivity contribution in [2.24, 2.45) is 11.3 Å². The van der Waals surface area contributed by atoms with Crippen LogP contribution in [-0.4, -0.2) is 18.7 Å². The maximum absolute atomic E-state index is 13.4. The van der Waals surface area contributed by atoms with Crippen molar-refractivity contribution >= 4 is 24.5 Å². The molecular weight excluding hydrogens is 401 g/mol. The van der Waals surface area contributed by atoms with Crippen molar-refractivity contribution in [2.75, 3.05) is 12.8 Å². The number of carbonyl (C=O) groups is 1. The second-order valence-corrected chi connectivity index (χ2v) is 10.8. The molecular formula is C25H27F2O2P. The molecule has 0 spiro atoms. The standard InChI is InChI=1S/C25H27F2O2P/c1-17-15-18(25(2,3)4)16-23(17)24(28)29-13-14-30(21-9-5-19(26)6-10-21)22-11-7-20(27)8-12-22/h5-12,15-16,23H,13-14H2,1-4H3/t23-/m0/s1. The van der Waals surface area contributed by atoms with Crippen molar-refractivity contribution < 1.29 is 18.3 Å². The summed E-state index contributed by atoms with van der Waals surface area (Å²) in [4.78, 5) is 12.7. The summed E-state index contributed by atoms with van der Waals surface area (Å²) in [6.45, 7) is 8.56. The van der Waals surface area contributed by atoms with Crippen molar-refractivity contribution in [3.8, 4) is 0 Å². The summed E-state index contributed by atoms with van der Waals surface area (Å²) in [5, 5.41) is 1.92. The van der Waals surface area contributed by atoms with E-state index in [1.807, 2.05) is 13.0 Å². The number of hydrogen-bond donors (Lipinski definition) is 0. The summed E-state index contributed by atoms with van der Waals surface area (Å²) in [6.07, 6.45) is 4.64. The molecule has 0 amide bonds. The number of carbonyl (C=O) groups excluding carboxylic acids is 1. The molecule has 158 valence electrons. The van der Waals surface area contributed by atoms with Crippen LogP contribution in [0.4, 0.5) is 8.78 Å². The van der Waals surface area contributed by atoms with Crippen molar-refractivity contribution in [3.05, 3.63) is 83.5 Å². The highest BCUT2D eigenvalue weighted by Gasteiger charge is 2.29. The Balaban J connectivity index is 1.70. The van der Waals surface area contributed by atoms with Crippen molar-refractivity contribution in [1.82, 2.24) is 0 Å². The molecule has 0 heterocycles. The summed E-state index contributed by atoms with van der Waals surface area (Å²) in [5.41, 5.74) is 2.11. The van der Waals surface area contributed by atoms with Gasteiger partial charge in [-0.1, -0.05) is 62.8 Å². The van der Waals surface area contributed by atoms with Crippen LogP contribution in [0.2, 0.25) is 0 Å². The quantitative estimate of drug-likeness (QED) is 0.449. The molecule has 5 heteroatoms. The minimum absolute atomic E-state index is 0.0181. The highest BCUT2D eigenvalue weighted by Crippen LogP contribution is 2.36. The first-order valence-corrected chi connectivity index (χ1v) is 11.5. The average Bonchev–Trinajstić information content (AvgIpc) is 3.09. The van der Waals surface area contributed by atoms with Gasteiger partial charge in [0.15, 0.2) is 0 Å². The van der Waals surface area contributed by atoms with Gasteiger partial charge in [-0.3, -0.25) is 4.79 Å². The molecule has 0 aromatic heterocycles. The van der Waals surface area contributed by atoms with E-state index in [0.717, 1.165) is 21.8 Å². The number of allylic oxidation sites excluding steroid dienone is 2. The molecule has 0 bridgehead atoms. The molecule has 1 aliphatic carbocycles. The zero-order valence-corrected chi connectivity index (χ0v) is 18.7. The largest absolute Gasteiger partial charge is 0.465 e. The monoisotopic (exact) mass is 428 g/mol. The van der Waals surface area contributed by atoms with E-state index in [9.17, 15) is 13.6 Å². The fourth-order valence-electron chi connectivity index (χ4n) is 3.39. The summed E-state index contributed by atoms with van der Waals surface area (Å²) >= 11 is 0. The van der Waals surface area contributed by atoms with E-state index in [2.05, 4.69) is 26.8 Å². The van der Waals surface area contributed by atoms with Crippen LogP contribution in [0.5, 0.6) is 0 Å². The Morgan fingerprint density at radius 1 is 0.967 bits per heavy atom. The Morgan fingerprint density at radius 3 is 1.90 bits per heavy atom. The summed E-state index contributed by atoms with van der Waals surface area (Å²) in [7, 11) is -0.897. The average molecular weight is 428 g/mol. The molecule has 2 aromatic rings. The lowest BCUT2D eigenvalue weighted by molar-refractivity contribution is -0.144. The Hall–Kier alpha value is -2.32. The number of ether oxygens (including phenoxy) is 1. The second kappa shape index (κ2) is 9.22. The van der Waals surface area contributed by atoms with E-state index in [0.29, 0.717) is 6.16 Å². The van der Waals surface area contributed by atoms with Crippen LogP contribution in [0, 0.1) is 23.0 Å². The van der Waals surface area contributed by atoms with E-state index in [4.69, 9.17) is 4.74 Å². The number of rotatable bonds is 6. The lowest BCUT2D eigenvalue weighted by Crippen LogP contribution is -2.21. The van der Waals surface area contributed by atoms with Gasteiger partial charge in [0.1, 0.15) is 11.6 Å². The molecule has 0 fully saturated rings. The molecule has 2 aromatic carbocycles. The van der Waals surface area contributed by atoms with Gasteiger partial charge in [0.25, 0.3) is 0 Å². The number of halogens is 2. The van der Waals surface area contributed by atoms with Crippen LogP contribution in [-0.2, 0) is 9.53 Å². The molecule has 0 saturated carbocycles. The van der Waals surface area contributed by atoms with Gasteiger partial charge >= 0.3 is 5.97 Å². The molecule has 30 heavy (non-hydrogen) atoms. The third-order valence-electron chi connectivity index (χ3n) is 5.18. The minimum atomic E-state index is -0.897. The maximum atomic E-state index is 13.4. The Morgan fingerprint density at radius 2 is 1.47 bits per heavy atom. The Labute approximate surface area is 178 Å². The summed E-state index contributed by atoms with van der Waals surface area (Å²) < 4.78 is 32.4. The fraction of sp³-hybridized carbons (Fsp3) is 0.320. The lowest BCUT2D eigenvalue weighted by Gasteiger charge is -2.20. The molecule has 1 atom stereocenters. The van der Waals surface area contributed by atoms with Gasteiger partial charge in [-0.25, -0.2) is 8.78 Å². The van der Waals surface area contributed by atoms with Gasteiger partial charge in [-0.15, -0.1) is 0 Å². The first kappa shape index (κ1) is 22.4. The maximum Gasteiger partial charge on any atom is 0.316 e. The first-order valence-electron chi connectivity index (χ1n) is 10.0. The van der Waals surface area contributed by atoms with Gasteiger partial charge in [0.2, 0.25) is 0 Å². The predicted molar refractivity (Wildman–Crippen MR) is 120 cm³/mol. The van der Waals surface area contributed by atoms with Gasteiger partial charge in [-0.05, 0) is 60.7 Å². The molecule has 0 saturated heterocycles. The van der Waals surface area contributed by atoms with Crippen LogP contribution < -0.4 is 10.6 Å². The van der Waals surface area contributed by atoms with E-state index < -0.39 is 7.92 Å². The van der Waals surface area contributed by atoms with Crippen LogP contribution >= 0.6 is 7.92 Å². The molecule has 0 aliphatic heterocycles. The van der Waals surface area contributed by atoms with E-state index >= 15 is 0 Å². The third-order valence-corrected chi connectivity index (χ3v) is 7.65. The third kappa shape index (κ3) is 5.43. The van der Waals surface area contributed by atoms with Crippen molar-refractivity contribution in [2.45, 2.75) is 27.7 Å². The second-order valence-electron chi connectivity index (χ2n) is 8.51. The molecule has 0 unspecified atom stereocenters. The van der Waals surface area contributed by atoms with E-state index in [1.54, 1.807) is 24.3 Å². The highest BCUT2D eigenvalue weighted by molar-refractivity contribution is 7.73. The molecule has 0 radical (unpaired) electrons. The number of benzene rings is 2. The predicted octanol–water partition coefficient (Wildman–Crippen LogP) is 5.49. The zero-order chi connectivity index (χ0) is 21.9. The number of hydrogen-bond acceptors (Lipinski definition) is 2. The fourth-order valence-corrected chi connectivity index (χ4v) is 5.50. The normalized spacial score (nSPS) is 16.4. The van der Waals surface area contributed by atoms with Gasteiger partial charge in [0, 0.05) is 6.16 Å². The van der Waals surface area contributed by atoms with Crippen LogP contribution in [0.25, 0.3) is 0 Å². The molecule has 3 rings (SSSR count). The van der Waals surface area contributed by atoms with Crippen LogP contribution in [0.15, 0.2) is 71.8 Å². The summed E-state index contributed by atoms with van der Waals surface area (Å²) in [6, 6.07) is 12.7. The SMILES string of the molecule is CC1=CC(C(C)(C)C)=C[C@@H]1C(=O)OCCP(c1ccc(F)cc1)c1ccc(F)cc1. The van der Waals surface area contributed by atoms with Gasteiger partial charge < -0.3 is 4.74 Å². The topological polar surface area (TPSA) is 26.3 Å². The zero-order valence-electron chi connectivity index (χ0n) is 17.8. The van der Waals surface area contributed by atoms with E-state index in [-0.39, 0.29) is 35.5 Å². The van der Waals surface area contributed by atoms with Crippen molar-refractivity contribution in [3.63, 3.8) is 0 Å². The van der Waals surface area contributed by atoms with Gasteiger partial charge in [-0.2, -0.15) is 0 Å². The number of esters is 1. The van der Waals surface area contributed by atoms with Crippen LogP contribution in [0.3, 0.4) is 0 Å². The molecule has 1 aliphatic rings.